The predicted octanol–water partition coefficient (Wildman–Crippen LogP) is 0.0916. The average molecular weight is 189 g/mol. The highest BCUT2D eigenvalue weighted by molar-refractivity contribution is 7.90. The van der Waals surface area contributed by atoms with Crippen molar-refractivity contribution in [3.05, 3.63) is 6.20 Å². The van der Waals surface area contributed by atoms with Crippen LogP contribution in [-0.4, -0.2) is 29.7 Å². The summed E-state index contributed by atoms with van der Waals surface area (Å²) in [5, 5.41) is 7.63. The van der Waals surface area contributed by atoms with Gasteiger partial charge >= 0.3 is 0 Å². The van der Waals surface area contributed by atoms with Gasteiger partial charge in [0.05, 0.1) is 12.7 Å². The fraction of sp³-hybridized carbons (Fsp3) is 0.667. The Morgan fingerprint density at radius 3 is 2.67 bits per heavy atom. The van der Waals surface area contributed by atoms with Gasteiger partial charge in [0.2, 0.25) is 0 Å². The molecule has 1 aromatic heterocycles. The topological polar surface area (TPSA) is 64.8 Å². The van der Waals surface area contributed by atoms with E-state index in [1.165, 1.54) is 11.0 Å². The lowest BCUT2D eigenvalue weighted by Crippen LogP contribution is -2.03. The van der Waals surface area contributed by atoms with E-state index in [-0.39, 0.29) is 5.03 Å². The van der Waals surface area contributed by atoms with Gasteiger partial charge in [-0.05, 0) is 6.42 Å². The minimum Gasteiger partial charge on any atom is -0.222 e. The third-order valence-electron chi connectivity index (χ3n) is 1.32. The molecule has 0 N–H and O–H groups in total. The van der Waals surface area contributed by atoms with Crippen molar-refractivity contribution in [3.63, 3.8) is 0 Å². The minimum absolute atomic E-state index is 0.0379. The van der Waals surface area contributed by atoms with Crippen molar-refractivity contribution >= 4 is 9.84 Å². The van der Waals surface area contributed by atoms with Gasteiger partial charge in [0.25, 0.3) is 0 Å². The molecule has 0 saturated carbocycles. The quantitative estimate of drug-likeness (QED) is 0.676. The van der Waals surface area contributed by atoms with E-state index in [1.807, 2.05) is 6.92 Å². The molecule has 0 unspecified atom stereocenters. The monoisotopic (exact) mass is 189 g/mol. The van der Waals surface area contributed by atoms with Crippen LogP contribution in [0.2, 0.25) is 0 Å². The molecule has 6 heteroatoms. The molecule has 0 amide bonds. The van der Waals surface area contributed by atoms with Crippen molar-refractivity contribution in [1.82, 2.24) is 15.0 Å². The molecule has 1 aromatic rings. The SMILES string of the molecule is CCCn1ncc(S(C)(=O)=O)n1. The molecule has 0 saturated heterocycles. The second-order valence-electron chi connectivity index (χ2n) is 2.55. The van der Waals surface area contributed by atoms with E-state index in [1.54, 1.807) is 0 Å². The number of aryl methyl sites for hydroxylation is 1. The van der Waals surface area contributed by atoms with Crippen molar-refractivity contribution in [2.45, 2.75) is 24.9 Å². The van der Waals surface area contributed by atoms with Gasteiger partial charge in [-0.3, -0.25) is 0 Å². The molecule has 0 fully saturated rings. The summed E-state index contributed by atoms with van der Waals surface area (Å²) in [4.78, 5) is 1.39. The fourth-order valence-electron chi connectivity index (χ4n) is 0.759. The second-order valence-corrected chi connectivity index (χ2v) is 4.51. The van der Waals surface area contributed by atoms with Crippen molar-refractivity contribution in [3.8, 4) is 0 Å². The summed E-state index contributed by atoms with van der Waals surface area (Å²) in [5.74, 6) is 0. The van der Waals surface area contributed by atoms with Gasteiger partial charge in [-0.2, -0.15) is 9.90 Å². The predicted molar refractivity (Wildman–Crippen MR) is 43.4 cm³/mol. The van der Waals surface area contributed by atoms with Gasteiger partial charge in [0, 0.05) is 6.26 Å². The zero-order chi connectivity index (χ0) is 9.19. The number of hydrogen-bond acceptors (Lipinski definition) is 4. The highest BCUT2D eigenvalue weighted by atomic mass is 32.2. The van der Waals surface area contributed by atoms with Crippen molar-refractivity contribution in [2.75, 3.05) is 6.26 Å². The van der Waals surface area contributed by atoms with E-state index in [0.29, 0.717) is 6.54 Å². The summed E-state index contributed by atoms with van der Waals surface area (Å²) in [5.41, 5.74) is 0. The normalized spacial score (nSPS) is 11.8. The molecular formula is C6H11N3O2S. The lowest BCUT2D eigenvalue weighted by Gasteiger charge is -1.92. The molecule has 0 spiro atoms. The van der Waals surface area contributed by atoms with Crippen LogP contribution in [0.15, 0.2) is 11.2 Å². The molecule has 0 atom stereocenters. The maximum Gasteiger partial charge on any atom is 0.197 e. The van der Waals surface area contributed by atoms with Crippen LogP contribution in [0.4, 0.5) is 0 Å². The van der Waals surface area contributed by atoms with Gasteiger partial charge in [-0.15, -0.1) is 5.10 Å². The van der Waals surface area contributed by atoms with Crippen molar-refractivity contribution in [2.24, 2.45) is 0 Å². The first-order valence-corrected chi connectivity index (χ1v) is 5.53. The summed E-state index contributed by atoms with van der Waals surface area (Å²) in [6.45, 7) is 2.62. The maximum absolute atomic E-state index is 10.9. The van der Waals surface area contributed by atoms with Crippen LogP contribution in [0.3, 0.4) is 0 Å². The first-order valence-electron chi connectivity index (χ1n) is 3.64. The molecule has 68 valence electrons. The highest BCUT2D eigenvalue weighted by Crippen LogP contribution is 2.01. The van der Waals surface area contributed by atoms with Crippen LogP contribution >= 0.6 is 0 Å². The van der Waals surface area contributed by atoms with Crippen LogP contribution in [0.25, 0.3) is 0 Å². The van der Waals surface area contributed by atoms with Crippen molar-refractivity contribution < 1.29 is 8.42 Å². The lowest BCUT2D eigenvalue weighted by molar-refractivity contribution is 0.516. The number of hydrogen-bond donors (Lipinski definition) is 0. The van der Waals surface area contributed by atoms with Gasteiger partial charge in [-0.25, -0.2) is 8.42 Å². The van der Waals surface area contributed by atoms with E-state index >= 15 is 0 Å². The Bertz CT molecular complexity index is 355. The third-order valence-corrected chi connectivity index (χ3v) is 2.27. The smallest absolute Gasteiger partial charge is 0.197 e. The van der Waals surface area contributed by atoms with Gasteiger partial charge in [-0.1, -0.05) is 6.92 Å². The molecule has 0 radical (unpaired) electrons. The summed E-state index contributed by atoms with van der Waals surface area (Å²) in [7, 11) is -3.19. The summed E-state index contributed by atoms with van der Waals surface area (Å²) in [6, 6.07) is 0. The molecule has 0 bridgehead atoms. The van der Waals surface area contributed by atoms with E-state index in [9.17, 15) is 8.42 Å². The van der Waals surface area contributed by atoms with Crippen LogP contribution in [0.1, 0.15) is 13.3 Å². The van der Waals surface area contributed by atoms with Crippen LogP contribution in [0.5, 0.6) is 0 Å². The lowest BCUT2D eigenvalue weighted by atomic mass is 10.5. The molecule has 0 aliphatic rings. The molecular weight excluding hydrogens is 178 g/mol. The molecule has 1 rings (SSSR count). The third kappa shape index (κ3) is 2.04. The standard InChI is InChI=1S/C6H11N3O2S/c1-3-4-9-7-5-6(8-9)12(2,10)11/h5H,3-4H2,1-2H3. The zero-order valence-electron chi connectivity index (χ0n) is 7.06. The summed E-state index contributed by atoms with van der Waals surface area (Å²) < 4.78 is 21.9. The second kappa shape index (κ2) is 3.22. The molecule has 12 heavy (non-hydrogen) atoms. The molecule has 0 aliphatic heterocycles. The van der Waals surface area contributed by atoms with Crippen LogP contribution in [0, 0.1) is 0 Å². The average Bonchev–Trinajstić information content (AvgIpc) is 2.35. The Morgan fingerprint density at radius 1 is 1.58 bits per heavy atom. The molecule has 0 aromatic carbocycles. The number of nitrogens with zero attached hydrogens (tertiary/aromatic N) is 3. The van der Waals surface area contributed by atoms with Crippen molar-refractivity contribution in [1.29, 1.82) is 0 Å². The largest absolute Gasteiger partial charge is 0.222 e. The van der Waals surface area contributed by atoms with E-state index in [0.717, 1.165) is 12.7 Å². The Labute approximate surface area is 71.3 Å². The Morgan fingerprint density at radius 2 is 2.25 bits per heavy atom. The zero-order valence-corrected chi connectivity index (χ0v) is 7.87. The summed E-state index contributed by atoms with van der Waals surface area (Å²) in [6.07, 6.45) is 3.27. The first kappa shape index (κ1) is 9.18. The van der Waals surface area contributed by atoms with Gasteiger partial charge < -0.3 is 0 Å². The van der Waals surface area contributed by atoms with Crippen LogP contribution in [-0.2, 0) is 16.4 Å². The number of sulfone groups is 1. The molecule has 5 nitrogen and oxygen atoms in total. The number of rotatable bonds is 3. The summed E-state index contributed by atoms with van der Waals surface area (Å²) >= 11 is 0. The van der Waals surface area contributed by atoms with E-state index in [4.69, 9.17) is 0 Å². The molecule has 1 heterocycles. The maximum atomic E-state index is 10.9. The van der Waals surface area contributed by atoms with E-state index < -0.39 is 9.84 Å². The Kier molecular flexibility index (Phi) is 2.46. The van der Waals surface area contributed by atoms with Crippen LogP contribution < -0.4 is 0 Å². The van der Waals surface area contributed by atoms with Gasteiger partial charge in [0.15, 0.2) is 14.9 Å². The number of aromatic nitrogens is 3. The first-order chi connectivity index (χ1) is 5.54. The highest BCUT2D eigenvalue weighted by Gasteiger charge is 2.11. The molecule has 0 aliphatic carbocycles. The minimum atomic E-state index is -3.19. The Hall–Kier alpha value is -0.910. The van der Waals surface area contributed by atoms with E-state index in [2.05, 4.69) is 10.2 Å². The van der Waals surface area contributed by atoms with Gasteiger partial charge in [0.1, 0.15) is 0 Å². The fourth-order valence-corrected chi connectivity index (χ4v) is 1.24. The Balaban J connectivity index is 2.92.